The summed E-state index contributed by atoms with van der Waals surface area (Å²) < 4.78 is 0. The molecule has 1 aromatic carbocycles. The van der Waals surface area contributed by atoms with Gasteiger partial charge in [0.1, 0.15) is 0 Å². The van der Waals surface area contributed by atoms with Crippen molar-refractivity contribution in [1.29, 1.82) is 0 Å². The number of nitrogens with one attached hydrogen (secondary N) is 1. The second-order valence-corrected chi connectivity index (χ2v) is 6.04. The Bertz CT molecular complexity index is 496. The number of nitrogens with zero attached hydrogens (tertiary/aromatic N) is 1. The average molecular weight is 276 g/mol. The number of hydrogen-bond donors (Lipinski definition) is 2. The topological polar surface area (TPSA) is 52.6 Å². The van der Waals surface area contributed by atoms with E-state index in [0.717, 1.165) is 23.2 Å². The lowest BCUT2D eigenvalue weighted by atomic mass is 9.91. The van der Waals surface area contributed by atoms with Gasteiger partial charge in [0.15, 0.2) is 0 Å². The first-order chi connectivity index (χ1) is 9.33. The molecule has 0 radical (unpaired) electrons. The van der Waals surface area contributed by atoms with Crippen molar-refractivity contribution < 1.29 is 9.90 Å². The number of amides is 1. The highest BCUT2D eigenvalue weighted by Crippen LogP contribution is 2.25. The number of benzene rings is 1. The van der Waals surface area contributed by atoms with Crippen LogP contribution in [0.4, 0.5) is 5.69 Å². The molecule has 110 valence electrons. The van der Waals surface area contributed by atoms with Crippen molar-refractivity contribution >= 4 is 11.6 Å². The van der Waals surface area contributed by atoms with E-state index >= 15 is 0 Å². The zero-order valence-corrected chi connectivity index (χ0v) is 12.8. The largest absolute Gasteiger partial charge is 0.387 e. The number of likely N-dealkylation sites (tertiary alicyclic amines) is 1. The zero-order valence-electron chi connectivity index (χ0n) is 12.8. The lowest BCUT2D eigenvalue weighted by Crippen LogP contribution is -2.62. The molecule has 0 aliphatic carbocycles. The third kappa shape index (κ3) is 3.19. The highest BCUT2D eigenvalue weighted by molar-refractivity contribution is 5.93. The second kappa shape index (κ2) is 5.54. The van der Waals surface area contributed by atoms with Crippen LogP contribution in [0.3, 0.4) is 0 Å². The zero-order chi connectivity index (χ0) is 14.9. The van der Waals surface area contributed by atoms with E-state index in [1.54, 1.807) is 0 Å². The van der Waals surface area contributed by atoms with Gasteiger partial charge in [-0.25, -0.2) is 0 Å². The number of rotatable bonds is 4. The fourth-order valence-corrected chi connectivity index (χ4v) is 2.88. The predicted molar refractivity (Wildman–Crippen MR) is 81.0 cm³/mol. The van der Waals surface area contributed by atoms with Crippen molar-refractivity contribution in [2.24, 2.45) is 0 Å². The molecule has 1 aliphatic rings. The Morgan fingerprint density at radius 2 is 1.85 bits per heavy atom. The molecule has 0 atom stereocenters. The molecular weight excluding hydrogens is 252 g/mol. The molecule has 1 saturated heterocycles. The molecule has 1 aromatic rings. The summed E-state index contributed by atoms with van der Waals surface area (Å²) in [6, 6.07) is 4.14. The summed E-state index contributed by atoms with van der Waals surface area (Å²) in [7, 11) is 0. The van der Waals surface area contributed by atoms with Crippen LogP contribution in [-0.2, 0) is 4.79 Å². The number of carbonyl (C=O) groups is 1. The number of anilines is 1. The maximum absolute atomic E-state index is 12.1. The first-order valence-electron chi connectivity index (χ1n) is 7.15. The summed E-state index contributed by atoms with van der Waals surface area (Å²) in [5.74, 6) is -0.0155. The van der Waals surface area contributed by atoms with Crippen molar-refractivity contribution in [3.63, 3.8) is 0 Å². The van der Waals surface area contributed by atoms with Crippen molar-refractivity contribution in [1.82, 2.24) is 4.90 Å². The molecule has 2 N–H and O–H groups in total. The van der Waals surface area contributed by atoms with Gasteiger partial charge >= 0.3 is 0 Å². The SMILES string of the molecule is CCC1(O)CN(CC(=O)Nc2c(C)cc(C)cc2C)C1. The van der Waals surface area contributed by atoms with Crippen molar-refractivity contribution in [3.05, 3.63) is 28.8 Å². The van der Waals surface area contributed by atoms with Crippen LogP contribution >= 0.6 is 0 Å². The molecule has 20 heavy (non-hydrogen) atoms. The van der Waals surface area contributed by atoms with Crippen LogP contribution in [0.5, 0.6) is 0 Å². The van der Waals surface area contributed by atoms with E-state index in [1.807, 2.05) is 25.7 Å². The molecule has 2 rings (SSSR count). The van der Waals surface area contributed by atoms with Crippen LogP contribution in [0.2, 0.25) is 0 Å². The summed E-state index contributed by atoms with van der Waals surface area (Å²) in [6.45, 7) is 9.55. The molecule has 1 aliphatic heterocycles. The van der Waals surface area contributed by atoms with E-state index in [1.165, 1.54) is 5.56 Å². The molecule has 0 spiro atoms. The second-order valence-electron chi connectivity index (χ2n) is 6.04. The molecule has 1 fully saturated rings. The van der Waals surface area contributed by atoms with Gasteiger partial charge in [0, 0.05) is 18.8 Å². The minimum atomic E-state index is -0.587. The number of carbonyl (C=O) groups excluding carboxylic acids is 1. The van der Waals surface area contributed by atoms with Gasteiger partial charge in [-0.1, -0.05) is 24.6 Å². The van der Waals surface area contributed by atoms with Crippen molar-refractivity contribution in [2.45, 2.75) is 39.7 Å². The van der Waals surface area contributed by atoms with E-state index in [2.05, 4.69) is 24.4 Å². The first kappa shape index (κ1) is 15.0. The number of hydrogen-bond acceptors (Lipinski definition) is 3. The van der Waals surface area contributed by atoms with E-state index in [0.29, 0.717) is 19.6 Å². The first-order valence-corrected chi connectivity index (χ1v) is 7.15. The van der Waals surface area contributed by atoms with Crippen LogP contribution in [0, 0.1) is 20.8 Å². The fourth-order valence-electron chi connectivity index (χ4n) is 2.88. The number of aliphatic hydroxyl groups is 1. The minimum absolute atomic E-state index is 0.0155. The number of β-amino-alcohol motifs (C(OH)–C–C–N with tert-alkyl or cyclic N) is 1. The Hall–Kier alpha value is -1.39. The third-order valence-electron chi connectivity index (χ3n) is 4.00. The summed E-state index contributed by atoms with van der Waals surface area (Å²) in [6.07, 6.45) is 0.737. The molecular formula is C16H24N2O2. The van der Waals surface area contributed by atoms with Crippen LogP contribution in [-0.4, -0.2) is 41.1 Å². The van der Waals surface area contributed by atoms with Gasteiger partial charge in [-0.05, 0) is 38.3 Å². The quantitative estimate of drug-likeness (QED) is 0.884. The van der Waals surface area contributed by atoms with E-state index < -0.39 is 5.60 Å². The fraction of sp³-hybridized carbons (Fsp3) is 0.562. The highest BCUT2D eigenvalue weighted by Gasteiger charge is 2.39. The van der Waals surface area contributed by atoms with Crippen molar-refractivity contribution in [3.8, 4) is 0 Å². The van der Waals surface area contributed by atoms with Gasteiger partial charge < -0.3 is 10.4 Å². The third-order valence-corrected chi connectivity index (χ3v) is 4.00. The van der Waals surface area contributed by atoms with E-state index in [9.17, 15) is 9.90 Å². The van der Waals surface area contributed by atoms with Crippen LogP contribution in [0.1, 0.15) is 30.0 Å². The van der Waals surface area contributed by atoms with Gasteiger partial charge in [0.05, 0.1) is 12.1 Å². The molecule has 0 aromatic heterocycles. The summed E-state index contributed by atoms with van der Waals surface area (Å²) in [5, 5.41) is 12.9. The molecule has 4 heteroatoms. The molecule has 0 unspecified atom stereocenters. The molecule has 0 bridgehead atoms. The molecule has 0 saturated carbocycles. The van der Waals surface area contributed by atoms with Gasteiger partial charge in [-0.3, -0.25) is 9.69 Å². The minimum Gasteiger partial charge on any atom is -0.387 e. The van der Waals surface area contributed by atoms with Crippen LogP contribution < -0.4 is 5.32 Å². The maximum atomic E-state index is 12.1. The maximum Gasteiger partial charge on any atom is 0.238 e. The van der Waals surface area contributed by atoms with Gasteiger partial charge in [-0.15, -0.1) is 0 Å². The summed E-state index contributed by atoms with van der Waals surface area (Å²) in [5.41, 5.74) is 3.70. The standard InChI is InChI=1S/C16H24N2O2/c1-5-16(20)9-18(10-16)8-14(19)17-15-12(3)6-11(2)7-13(15)4/h6-7,20H,5,8-10H2,1-4H3,(H,17,19). The lowest BCUT2D eigenvalue weighted by Gasteiger charge is -2.45. The lowest BCUT2D eigenvalue weighted by molar-refractivity contribution is -0.128. The van der Waals surface area contributed by atoms with Crippen LogP contribution in [0.25, 0.3) is 0 Å². The van der Waals surface area contributed by atoms with Gasteiger partial charge in [-0.2, -0.15) is 0 Å². The Morgan fingerprint density at radius 3 is 2.35 bits per heavy atom. The van der Waals surface area contributed by atoms with Crippen molar-refractivity contribution in [2.75, 3.05) is 25.0 Å². The highest BCUT2D eigenvalue weighted by atomic mass is 16.3. The Morgan fingerprint density at radius 1 is 1.30 bits per heavy atom. The Kier molecular flexibility index (Phi) is 4.16. The molecule has 4 nitrogen and oxygen atoms in total. The van der Waals surface area contributed by atoms with Crippen LogP contribution in [0.15, 0.2) is 12.1 Å². The molecule has 1 amide bonds. The smallest absolute Gasteiger partial charge is 0.238 e. The number of aryl methyl sites for hydroxylation is 3. The normalized spacial score (nSPS) is 17.6. The average Bonchev–Trinajstić information content (AvgIpc) is 2.31. The van der Waals surface area contributed by atoms with E-state index in [-0.39, 0.29) is 5.91 Å². The summed E-state index contributed by atoms with van der Waals surface area (Å²) in [4.78, 5) is 14.0. The monoisotopic (exact) mass is 276 g/mol. The Balaban J connectivity index is 1.93. The van der Waals surface area contributed by atoms with E-state index in [4.69, 9.17) is 0 Å². The molecule has 1 heterocycles. The van der Waals surface area contributed by atoms with Gasteiger partial charge in [0.25, 0.3) is 0 Å². The Labute approximate surface area is 120 Å². The summed E-state index contributed by atoms with van der Waals surface area (Å²) >= 11 is 0. The predicted octanol–water partition coefficient (Wildman–Crippen LogP) is 2.01. The van der Waals surface area contributed by atoms with Gasteiger partial charge in [0.2, 0.25) is 5.91 Å².